The molecular formula is C12H16N2O2. The van der Waals surface area contributed by atoms with Gasteiger partial charge in [-0.15, -0.1) is 0 Å². The van der Waals surface area contributed by atoms with Gasteiger partial charge >= 0.3 is 0 Å². The predicted molar refractivity (Wildman–Crippen MR) is 60.9 cm³/mol. The molecule has 0 bridgehead atoms. The third-order valence-corrected chi connectivity index (χ3v) is 2.71. The van der Waals surface area contributed by atoms with Crippen LogP contribution in [0.4, 0.5) is 0 Å². The number of nitrogens with one attached hydrogen (secondary N) is 1. The number of amides is 1. The van der Waals surface area contributed by atoms with Crippen LogP contribution in [-0.4, -0.2) is 18.5 Å². The van der Waals surface area contributed by atoms with Gasteiger partial charge in [-0.05, 0) is 30.2 Å². The zero-order chi connectivity index (χ0) is 11.5. The average molecular weight is 220 g/mol. The molecule has 0 spiro atoms. The Morgan fingerprint density at radius 1 is 1.50 bits per heavy atom. The minimum absolute atomic E-state index is 0.00277. The predicted octanol–water partition coefficient (Wildman–Crippen LogP) is 0.794. The third-order valence-electron chi connectivity index (χ3n) is 2.71. The molecule has 1 aliphatic rings. The highest BCUT2D eigenvalue weighted by atomic mass is 16.5. The summed E-state index contributed by atoms with van der Waals surface area (Å²) < 4.78 is 5.30. The number of ether oxygens (including phenoxy) is 1. The van der Waals surface area contributed by atoms with E-state index in [9.17, 15) is 4.79 Å². The topological polar surface area (TPSA) is 64.3 Å². The van der Waals surface area contributed by atoms with Gasteiger partial charge in [0.05, 0.1) is 13.2 Å². The maximum atomic E-state index is 11.8. The number of hydrogen-bond donors (Lipinski definition) is 2. The van der Waals surface area contributed by atoms with Crippen molar-refractivity contribution in [3.63, 3.8) is 0 Å². The first-order chi connectivity index (χ1) is 7.70. The highest BCUT2D eigenvalue weighted by molar-refractivity contribution is 5.94. The number of fused-ring (bicyclic) bond motifs is 1. The summed E-state index contributed by atoms with van der Waals surface area (Å²) >= 11 is 0. The van der Waals surface area contributed by atoms with Gasteiger partial charge in [-0.3, -0.25) is 4.79 Å². The number of carbonyl (C=O) groups excluding carboxylic acids is 1. The number of nitrogens with two attached hydrogens (primary N) is 1. The van der Waals surface area contributed by atoms with Crippen molar-refractivity contribution >= 4 is 5.91 Å². The van der Waals surface area contributed by atoms with Crippen LogP contribution in [0.15, 0.2) is 18.2 Å². The van der Waals surface area contributed by atoms with Crippen LogP contribution in [0.3, 0.4) is 0 Å². The summed E-state index contributed by atoms with van der Waals surface area (Å²) in [7, 11) is 0. The Labute approximate surface area is 94.8 Å². The molecule has 0 radical (unpaired) electrons. The van der Waals surface area contributed by atoms with Crippen molar-refractivity contribution in [3.05, 3.63) is 34.9 Å². The van der Waals surface area contributed by atoms with E-state index >= 15 is 0 Å². The molecule has 1 heterocycles. The Kier molecular flexibility index (Phi) is 3.22. The lowest BCUT2D eigenvalue weighted by atomic mass is 10.1. The lowest BCUT2D eigenvalue weighted by molar-refractivity contribution is 0.0941. The van der Waals surface area contributed by atoms with Gasteiger partial charge in [0, 0.05) is 18.2 Å². The second-order valence-corrected chi connectivity index (χ2v) is 4.09. The average Bonchev–Trinajstić information content (AvgIpc) is 2.75. The standard InChI is InChI=1S/C12H16N2O2/c1-8(5-13)14-12(15)9-2-3-10-6-16-7-11(10)4-9/h2-4,8H,5-7,13H2,1H3,(H,14,15). The summed E-state index contributed by atoms with van der Waals surface area (Å²) in [6.45, 7) is 3.58. The molecule has 2 rings (SSSR count). The molecule has 0 aromatic heterocycles. The maximum absolute atomic E-state index is 11.8. The van der Waals surface area contributed by atoms with Gasteiger partial charge in [-0.1, -0.05) is 6.07 Å². The van der Waals surface area contributed by atoms with E-state index in [1.807, 2.05) is 25.1 Å². The highest BCUT2D eigenvalue weighted by Gasteiger charge is 2.14. The monoisotopic (exact) mass is 220 g/mol. The largest absolute Gasteiger partial charge is 0.372 e. The summed E-state index contributed by atoms with van der Waals surface area (Å²) in [5.41, 5.74) is 8.40. The fraction of sp³-hybridized carbons (Fsp3) is 0.417. The minimum atomic E-state index is -0.0762. The first-order valence-corrected chi connectivity index (χ1v) is 5.41. The Bertz CT molecular complexity index is 404. The van der Waals surface area contributed by atoms with Crippen molar-refractivity contribution in [2.75, 3.05) is 6.54 Å². The van der Waals surface area contributed by atoms with E-state index in [1.54, 1.807) is 0 Å². The quantitative estimate of drug-likeness (QED) is 0.791. The zero-order valence-electron chi connectivity index (χ0n) is 9.32. The van der Waals surface area contributed by atoms with Crippen molar-refractivity contribution < 1.29 is 9.53 Å². The van der Waals surface area contributed by atoms with Crippen LogP contribution in [0.2, 0.25) is 0 Å². The SMILES string of the molecule is CC(CN)NC(=O)c1ccc2c(c1)COC2. The molecule has 4 heteroatoms. The number of hydrogen-bond acceptors (Lipinski definition) is 3. The van der Waals surface area contributed by atoms with Crippen LogP contribution in [0.25, 0.3) is 0 Å². The van der Waals surface area contributed by atoms with Gasteiger partial charge in [0.15, 0.2) is 0 Å². The smallest absolute Gasteiger partial charge is 0.251 e. The summed E-state index contributed by atoms with van der Waals surface area (Å²) in [6.07, 6.45) is 0. The lowest BCUT2D eigenvalue weighted by Crippen LogP contribution is -2.37. The second kappa shape index (κ2) is 4.63. The second-order valence-electron chi connectivity index (χ2n) is 4.09. The molecule has 86 valence electrons. The molecule has 0 saturated carbocycles. The summed E-state index contributed by atoms with van der Waals surface area (Å²) in [5, 5.41) is 2.83. The molecular weight excluding hydrogens is 204 g/mol. The summed E-state index contributed by atoms with van der Waals surface area (Å²) in [4.78, 5) is 11.8. The fourth-order valence-electron chi connectivity index (χ4n) is 1.68. The van der Waals surface area contributed by atoms with Gasteiger partial charge in [0.1, 0.15) is 0 Å². The fourth-order valence-corrected chi connectivity index (χ4v) is 1.68. The lowest BCUT2D eigenvalue weighted by Gasteiger charge is -2.11. The number of carbonyl (C=O) groups is 1. The van der Waals surface area contributed by atoms with Gasteiger partial charge in [0.25, 0.3) is 5.91 Å². The van der Waals surface area contributed by atoms with Crippen LogP contribution in [0.1, 0.15) is 28.4 Å². The van der Waals surface area contributed by atoms with E-state index in [1.165, 1.54) is 5.56 Å². The summed E-state index contributed by atoms with van der Waals surface area (Å²) in [6, 6.07) is 5.66. The Morgan fingerprint density at radius 2 is 2.25 bits per heavy atom. The third kappa shape index (κ3) is 2.23. The number of benzene rings is 1. The van der Waals surface area contributed by atoms with Crippen LogP contribution in [-0.2, 0) is 18.0 Å². The van der Waals surface area contributed by atoms with Crippen LogP contribution >= 0.6 is 0 Å². The molecule has 1 unspecified atom stereocenters. The molecule has 1 amide bonds. The zero-order valence-corrected chi connectivity index (χ0v) is 9.32. The Balaban J connectivity index is 2.12. The van der Waals surface area contributed by atoms with Gasteiger partial charge in [0.2, 0.25) is 0 Å². The van der Waals surface area contributed by atoms with Gasteiger partial charge < -0.3 is 15.8 Å². The minimum Gasteiger partial charge on any atom is -0.372 e. The molecule has 0 aliphatic carbocycles. The maximum Gasteiger partial charge on any atom is 0.251 e. The van der Waals surface area contributed by atoms with Crippen LogP contribution < -0.4 is 11.1 Å². The summed E-state index contributed by atoms with van der Waals surface area (Å²) in [5.74, 6) is -0.0762. The van der Waals surface area contributed by atoms with Crippen LogP contribution in [0, 0.1) is 0 Å². The molecule has 4 nitrogen and oxygen atoms in total. The van der Waals surface area contributed by atoms with E-state index in [0.29, 0.717) is 25.3 Å². The van der Waals surface area contributed by atoms with E-state index in [-0.39, 0.29) is 11.9 Å². The molecule has 1 aromatic carbocycles. The van der Waals surface area contributed by atoms with E-state index in [4.69, 9.17) is 10.5 Å². The highest BCUT2D eigenvalue weighted by Crippen LogP contribution is 2.20. The molecule has 16 heavy (non-hydrogen) atoms. The van der Waals surface area contributed by atoms with E-state index in [2.05, 4.69) is 5.32 Å². The number of rotatable bonds is 3. The van der Waals surface area contributed by atoms with Crippen molar-refractivity contribution in [1.29, 1.82) is 0 Å². The molecule has 1 atom stereocenters. The van der Waals surface area contributed by atoms with Gasteiger partial charge in [-0.2, -0.15) is 0 Å². The van der Waals surface area contributed by atoms with Crippen molar-refractivity contribution in [3.8, 4) is 0 Å². The van der Waals surface area contributed by atoms with Crippen molar-refractivity contribution in [1.82, 2.24) is 5.32 Å². The first kappa shape index (κ1) is 11.1. The first-order valence-electron chi connectivity index (χ1n) is 5.41. The van der Waals surface area contributed by atoms with Crippen molar-refractivity contribution in [2.24, 2.45) is 5.73 Å². The Morgan fingerprint density at radius 3 is 3.00 bits per heavy atom. The Hall–Kier alpha value is -1.39. The van der Waals surface area contributed by atoms with E-state index < -0.39 is 0 Å². The van der Waals surface area contributed by atoms with Gasteiger partial charge in [-0.25, -0.2) is 0 Å². The molecule has 1 aliphatic heterocycles. The van der Waals surface area contributed by atoms with E-state index in [0.717, 1.165) is 5.56 Å². The molecule has 0 fully saturated rings. The molecule has 0 saturated heterocycles. The van der Waals surface area contributed by atoms with Crippen molar-refractivity contribution in [2.45, 2.75) is 26.2 Å². The normalized spacial score (nSPS) is 15.6. The molecule has 3 N–H and O–H groups in total. The van der Waals surface area contributed by atoms with Crippen LogP contribution in [0.5, 0.6) is 0 Å². The molecule has 1 aromatic rings.